The number of rotatable bonds is 6. The number of aromatic nitrogens is 4. The largest absolute Gasteiger partial charge is 0.292 e. The van der Waals surface area contributed by atoms with E-state index in [0.29, 0.717) is 11.4 Å². The van der Waals surface area contributed by atoms with Gasteiger partial charge in [0.25, 0.3) is 0 Å². The average molecular weight is 650 g/mol. The molecular formula is C39H31N5OS2. The highest BCUT2D eigenvalue weighted by molar-refractivity contribution is 7.08. The van der Waals surface area contributed by atoms with Crippen molar-refractivity contribution >= 4 is 40.6 Å². The van der Waals surface area contributed by atoms with E-state index >= 15 is 0 Å². The molecule has 6 aromatic rings. The smallest absolute Gasteiger partial charge is 0.186 e. The summed E-state index contributed by atoms with van der Waals surface area (Å²) in [6.07, 6.45) is 12.2. The number of carbonyl (C=O) groups excluding carboxylic acids is 1. The van der Waals surface area contributed by atoms with Crippen molar-refractivity contribution in [1.29, 1.82) is 5.26 Å². The SMILES string of the molecule is N#Cc1n[nH]c2c1C=CC(c1ccccc1)(c1ccsc1)C2.O=C(c1n[nH]c2c1C=CC(c1ccccc1)(c1ccsc1)C2)C1CC1. The van der Waals surface area contributed by atoms with Crippen molar-refractivity contribution in [3.8, 4) is 6.07 Å². The van der Waals surface area contributed by atoms with E-state index < -0.39 is 0 Å². The van der Waals surface area contributed by atoms with Gasteiger partial charge in [-0.3, -0.25) is 15.0 Å². The van der Waals surface area contributed by atoms with Crippen LogP contribution in [0.3, 0.4) is 0 Å². The molecule has 3 aliphatic carbocycles. The predicted octanol–water partition coefficient (Wildman–Crippen LogP) is 8.52. The van der Waals surface area contributed by atoms with Crippen LogP contribution in [-0.2, 0) is 23.7 Å². The Bertz CT molecular complexity index is 2130. The number of ketones is 1. The molecule has 8 heteroatoms. The minimum absolute atomic E-state index is 0.193. The summed E-state index contributed by atoms with van der Waals surface area (Å²) in [7, 11) is 0. The monoisotopic (exact) mass is 649 g/mol. The first-order chi connectivity index (χ1) is 23.1. The molecule has 47 heavy (non-hydrogen) atoms. The lowest BCUT2D eigenvalue weighted by Crippen LogP contribution is -2.30. The molecule has 1 fully saturated rings. The Kier molecular flexibility index (Phi) is 7.44. The molecule has 2 aromatic carbocycles. The lowest BCUT2D eigenvalue weighted by atomic mass is 9.69. The summed E-state index contributed by atoms with van der Waals surface area (Å²) in [4.78, 5) is 12.5. The Labute approximate surface area is 281 Å². The normalized spacial score (nSPS) is 20.8. The summed E-state index contributed by atoms with van der Waals surface area (Å²) in [5.41, 5.74) is 9.75. The van der Waals surface area contributed by atoms with E-state index in [9.17, 15) is 4.79 Å². The van der Waals surface area contributed by atoms with E-state index in [1.165, 1.54) is 22.3 Å². The van der Waals surface area contributed by atoms with Crippen LogP contribution in [0.25, 0.3) is 12.2 Å². The van der Waals surface area contributed by atoms with Crippen LogP contribution >= 0.6 is 22.7 Å². The Morgan fingerprint density at radius 3 is 1.77 bits per heavy atom. The third-order valence-corrected chi connectivity index (χ3v) is 11.1. The third-order valence-electron chi connectivity index (χ3n) is 9.68. The van der Waals surface area contributed by atoms with Gasteiger partial charge in [0.05, 0.1) is 0 Å². The molecule has 0 spiro atoms. The van der Waals surface area contributed by atoms with Crippen molar-refractivity contribution in [2.24, 2.45) is 5.92 Å². The first-order valence-corrected chi connectivity index (χ1v) is 17.6. The van der Waals surface area contributed by atoms with E-state index in [0.717, 1.165) is 48.2 Å². The minimum atomic E-state index is -0.208. The van der Waals surface area contributed by atoms with Crippen LogP contribution in [0.1, 0.15) is 73.8 Å². The topological polar surface area (TPSA) is 98.2 Å². The average Bonchev–Trinajstić information content (AvgIpc) is 3.59. The van der Waals surface area contributed by atoms with Gasteiger partial charge in [0.15, 0.2) is 11.5 Å². The van der Waals surface area contributed by atoms with Crippen molar-refractivity contribution in [1.82, 2.24) is 20.4 Å². The molecule has 1 saturated carbocycles. The fourth-order valence-corrected chi connectivity index (χ4v) is 8.45. The Balaban J connectivity index is 0.000000139. The minimum Gasteiger partial charge on any atom is -0.292 e. The zero-order valence-electron chi connectivity index (χ0n) is 25.5. The van der Waals surface area contributed by atoms with Gasteiger partial charge >= 0.3 is 0 Å². The van der Waals surface area contributed by atoms with Gasteiger partial charge in [0.1, 0.15) is 11.8 Å². The molecule has 4 aromatic heterocycles. The second kappa shape index (κ2) is 11.9. The van der Waals surface area contributed by atoms with Crippen molar-refractivity contribution in [3.05, 3.63) is 163 Å². The summed E-state index contributed by atoms with van der Waals surface area (Å²) in [5.74, 6) is 0.392. The van der Waals surface area contributed by atoms with Crippen LogP contribution in [0.2, 0.25) is 0 Å². The number of allylic oxidation sites excluding steroid dienone is 2. The molecule has 3 aliphatic rings. The van der Waals surface area contributed by atoms with Crippen LogP contribution in [0.5, 0.6) is 0 Å². The zero-order valence-corrected chi connectivity index (χ0v) is 27.2. The van der Waals surface area contributed by atoms with E-state index in [1.807, 2.05) is 18.2 Å². The van der Waals surface area contributed by atoms with E-state index in [4.69, 9.17) is 5.26 Å². The van der Waals surface area contributed by atoms with E-state index in [-0.39, 0.29) is 22.5 Å². The molecule has 0 radical (unpaired) electrons. The molecule has 0 aliphatic heterocycles. The molecule has 9 rings (SSSR count). The van der Waals surface area contributed by atoms with Crippen molar-refractivity contribution in [3.63, 3.8) is 0 Å². The maximum Gasteiger partial charge on any atom is 0.186 e. The van der Waals surface area contributed by atoms with Gasteiger partial charge < -0.3 is 0 Å². The molecule has 0 saturated heterocycles. The summed E-state index contributed by atoms with van der Waals surface area (Å²) in [6.45, 7) is 0. The number of benzene rings is 2. The highest BCUT2D eigenvalue weighted by Crippen LogP contribution is 2.44. The van der Waals surface area contributed by atoms with Crippen LogP contribution < -0.4 is 0 Å². The van der Waals surface area contributed by atoms with Gasteiger partial charge in [-0.1, -0.05) is 85.0 Å². The number of nitriles is 1. The lowest BCUT2D eigenvalue weighted by Gasteiger charge is -2.33. The molecule has 230 valence electrons. The quantitative estimate of drug-likeness (QED) is 0.177. The number of H-pyrrole nitrogens is 2. The fraction of sp³-hybridized carbons (Fsp3) is 0.179. The summed E-state index contributed by atoms with van der Waals surface area (Å²) >= 11 is 3.42. The summed E-state index contributed by atoms with van der Waals surface area (Å²) in [5, 5.41) is 32.5. The first kappa shape index (κ1) is 29.3. The van der Waals surface area contributed by atoms with Crippen molar-refractivity contribution in [2.45, 2.75) is 36.5 Å². The highest BCUT2D eigenvalue weighted by Gasteiger charge is 2.40. The van der Waals surface area contributed by atoms with Crippen molar-refractivity contribution < 1.29 is 4.79 Å². The first-order valence-electron chi connectivity index (χ1n) is 15.7. The molecule has 2 atom stereocenters. The number of nitrogens with one attached hydrogen (secondary N) is 2. The van der Waals surface area contributed by atoms with Gasteiger partial charge in [-0.25, -0.2) is 0 Å². The van der Waals surface area contributed by atoms with Gasteiger partial charge in [-0.05, 0) is 68.7 Å². The maximum atomic E-state index is 12.5. The number of thiophene rings is 2. The third kappa shape index (κ3) is 5.12. The van der Waals surface area contributed by atoms with E-state index in [1.54, 1.807) is 22.7 Å². The van der Waals surface area contributed by atoms with Crippen LogP contribution in [0.15, 0.2) is 106 Å². The highest BCUT2D eigenvalue weighted by atomic mass is 32.1. The number of fused-ring (bicyclic) bond motifs is 2. The molecule has 2 unspecified atom stereocenters. The number of carbonyl (C=O) groups is 1. The van der Waals surface area contributed by atoms with Crippen LogP contribution in [0.4, 0.5) is 0 Å². The summed E-state index contributed by atoms with van der Waals surface area (Å²) < 4.78 is 0. The molecular weight excluding hydrogens is 619 g/mol. The van der Waals surface area contributed by atoms with Gasteiger partial charge in [-0.2, -0.15) is 38.1 Å². The summed E-state index contributed by atoms with van der Waals surface area (Å²) in [6, 6.07) is 27.6. The Morgan fingerprint density at radius 1 is 0.723 bits per heavy atom. The Morgan fingerprint density at radius 2 is 1.26 bits per heavy atom. The van der Waals surface area contributed by atoms with Gasteiger partial charge in [0.2, 0.25) is 0 Å². The molecule has 0 bridgehead atoms. The number of hydrogen-bond donors (Lipinski definition) is 2. The van der Waals surface area contributed by atoms with Gasteiger partial charge in [0, 0.05) is 52.1 Å². The molecule has 6 nitrogen and oxygen atoms in total. The number of nitrogens with zero attached hydrogens (tertiary/aromatic N) is 3. The van der Waals surface area contributed by atoms with Crippen LogP contribution in [0, 0.1) is 17.2 Å². The van der Waals surface area contributed by atoms with Crippen LogP contribution in [-0.4, -0.2) is 26.2 Å². The van der Waals surface area contributed by atoms with Crippen molar-refractivity contribution in [2.75, 3.05) is 0 Å². The second-order valence-corrected chi connectivity index (χ2v) is 14.0. The molecule has 2 N–H and O–H groups in total. The number of hydrogen-bond acceptors (Lipinski definition) is 6. The maximum absolute atomic E-state index is 12.5. The zero-order chi connectivity index (χ0) is 31.8. The van der Waals surface area contributed by atoms with Gasteiger partial charge in [-0.15, -0.1) is 0 Å². The Hall–Kier alpha value is -5.10. The fourth-order valence-electron chi connectivity index (χ4n) is 6.97. The molecule has 0 amide bonds. The number of Topliss-reactive ketones (excluding diaryl/α,β-unsaturated/α-hetero) is 1. The molecule has 4 heterocycles. The second-order valence-electron chi connectivity index (χ2n) is 12.4. The van der Waals surface area contributed by atoms with E-state index in [2.05, 4.69) is 127 Å². The standard InChI is InChI=1S/C21H18N2OS.C18H13N3S/c24-20(14-6-7-14)19-17-8-10-21(12-18(17)22-23-19,16-9-11-25-13-16)15-4-2-1-3-5-15;19-11-17-15-6-8-18(10-16(15)20-21-17,14-7-9-22-12-14)13-4-2-1-3-5-13/h1-5,8-11,13-14H,6-7,12H2,(H,22,23);1-9,12H,10H2,(H,20,21). The predicted molar refractivity (Wildman–Crippen MR) is 188 cm³/mol. The number of aromatic amines is 2. The lowest BCUT2D eigenvalue weighted by molar-refractivity contribution is 0.0962.